The fraction of sp³-hybridized carbons (Fsp3) is 0.185. The van der Waals surface area contributed by atoms with Crippen molar-refractivity contribution in [3.05, 3.63) is 101 Å². The van der Waals surface area contributed by atoms with Crippen molar-refractivity contribution >= 4 is 22.4 Å². The van der Waals surface area contributed by atoms with Crippen molar-refractivity contribution in [2.45, 2.75) is 26.0 Å². The number of ether oxygens (including phenoxy) is 1. The molecule has 0 saturated carbocycles. The second-order valence-electron chi connectivity index (χ2n) is 7.88. The molecular weight excluding hydrogens is 432 g/mol. The van der Waals surface area contributed by atoms with Crippen LogP contribution >= 0.6 is 11.3 Å². The molecule has 4 rings (SSSR count). The maximum absolute atomic E-state index is 10.7. The molecule has 0 aliphatic rings. The lowest BCUT2D eigenvalue weighted by Gasteiger charge is -2.16. The van der Waals surface area contributed by atoms with E-state index in [2.05, 4.69) is 53.7 Å². The Kier molecular flexibility index (Phi) is 7.37. The average molecular weight is 459 g/mol. The number of nitrogens with zero attached hydrogens (tertiary/aromatic N) is 2. The van der Waals surface area contributed by atoms with Gasteiger partial charge in [0.15, 0.2) is 5.13 Å². The van der Waals surface area contributed by atoms with Crippen molar-refractivity contribution < 1.29 is 14.6 Å². The standard InChI is InChI=1S/C27H26N2O3S/c1-29(27-28-25(19-33-27)23-5-3-2-4-6-23)17-21-7-9-22(10-8-21)18-32-24-14-11-20(12-15-24)13-16-26(30)31/h2-12,14-15,19H,13,16-18H2,1H3,(H,30,31). The fourth-order valence-electron chi connectivity index (χ4n) is 3.43. The van der Waals surface area contributed by atoms with Crippen molar-refractivity contribution in [3.8, 4) is 17.0 Å². The van der Waals surface area contributed by atoms with Crippen LogP contribution in [0.4, 0.5) is 5.13 Å². The van der Waals surface area contributed by atoms with Crippen molar-refractivity contribution in [2.75, 3.05) is 11.9 Å². The Morgan fingerprint density at radius 3 is 2.30 bits per heavy atom. The lowest BCUT2D eigenvalue weighted by atomic mass is 10.1. The zero-order valence-electron chi connectivity index (χ0n) is 18.5. The Morgan fingerprint density at radius 2 is 1.61 bits per heavy atom. The molecule has 5 nitrogen and oxygen atoms in total. The van der Waals surface area contributed by atoms with Crippen molar-refractivity contribution in [1.82, 2.24) is 4.98 Å². The molecular formula is C27H26N2O3S. The minimum absolute atomic E-state index is 0.137. The molecule has 3 aromatic carbocycles. The van der Waals surface area contributed by atoms with Gasteiger partial charge in [-0.25, -0.2) is 4.98 Å². The van der Waals surface area contributed by atoms with E-state index in [1.807, 2.05) is 42.5 Å². The van der Waals surface area contributed by atoms with Crippen LogP contribution in [0.5, 0.6) is 5.75 Å². The molecule has 0 fully saturated rings. The molecule has 6 heteroatoms. The number of thiazole rings is 1. The van der Waals surface area contributed by atoms with Crippen LogP contribution in [0.25, 0.3) is 11.3 Å². The monoisotopic (exact) mass is 458 g/mol. The largest absolute Gasteiger partial charge is 0.489 e. The lowest BCUT2D eigenvalue weighted by Crippen LogP contribution is -2.16. The van der Waals surface area contributed by atoms with Gasteiger partial charge in [0.25, 0.3) is 0 Å². The molecule has 0 aliphatic carbocycles. The van der Waals surface area contributed by atoms with Gasteiger partial charge in [0, 0.05) is 31.0 Å². The first kappa shape index (κ1) is 22.6. The maximum atomic E-state index is 10.7. The van der Waals surface area contributed by atoms with Crippen LogP contribution in [0.2, 0.25) is 0 Å². The molecule has 4 aromatic rings. The molecule has 168 valence electrons. The van der Waals surface area contributed by atoms with E-state index in [0.29, 0.717) is 13.0 Å². The summed E-state index contributed by atoms with van der Waals surface area (Å²) in [7, 11) is 2.06. The highest BCUT2D eigenvalue weighted by Gasteiger charge is 2.09. The number of hydrogen-bond acceptors (Lipinski definition) is 5. The van der Waals surface area contributed by atoms with Crippen molar-refractivity contribution in [2.24, 2.45) is 0 Å². The predicted octanol–water partition coefficient (Wildman–Crippen LogP) is 6.04. The summed E-state index contributed by atoms with van der Waals surface area (Å²) in [4.78, 5) is 17.6. The highest BCUT2D eigenvalue weighted by Crippen LogP contribution is 2.27. The van der Waals surface area contributed by atoms with Gasteiger partial charge in [-0.3, -0.25) is 4.79 Å². The Balaban J connectivity index is 1.28. The molecule has 0 radical (unpaired) electrons. The van der Waals surface area contributed by atoms with Gasteiger partial charge < -0.3 is 14.7 Å². The first-order valence-corrected chi connectivity index (χ1v) is 11.7. The van der Waals surface area contributed by atoms with E-state index in [1.165, 1.54) is 5.56 Å². The molecule has 0 bridgehead atoms. The maximum Gasteiger partial charge on any atom is 0.303 e. The number of aliphatic carboxylic acids is 1. The summed E-state index contributed by atoms with van der Waals surface area (Å²) < 4.78 is 5.87. The third kappa shape index (κ3) is 6.43. The minimum atomic E-state index is -0.784. The van der Waals surface area contributed by atoms with Gasteiger partial charge in [-0.2, -0.15) is 0 Å². The summed E-state index contributed by atoms with van der Waals surface area (Å²) in [6, 6.07) is 26.2. The van der Waals surface area contributed by atoms with Crippen LogP contribution in [0.3, 0.4) is 0 Å². The molecule has 1 aromatic heterocycles. The second kappa shape index (κ2) is 10.8. The summed E-state index contributed by atoms with van der Waals surface area (Å²) in [5.41, 5.74) is 5.43. The molecule has 33 heavy (non-hydrogen) atoms. The normalized spacial score (nSPS) is 10.7. The molecule has 0 aliphatic heterocycles. The number of hydrogen-bond donors (Lipinski definition) is 1. The van der Waals surface area contributed by atoms with Gasteiger partial charge >= 0.3 is 5.97 Å². The van der Waals surface area contributed by atoms with Crippen LogP contribution in [-0.2, 0) is 24.4 Å². The first-order valence-electron chi connectivity index (χ1n) is 10.8. The topological polar surface area (TPSA) is 62.7 Å². The summed E-state index contributed by atoms with van der Waals surface area (Å²) in [5, 5.41) is 11.9. The van der Waals surface area contributed by atoms with E-state index in [4.69, 9.17) is 14.8 Å². The quantitative estimate of drug-likeness (QED) is 0.314. The average Bonchev–Trinajstić information content (AvgIpc) is 3.34. The van der Waals surface area contributed by atoms with Crippen LogP contribution in [-0.4, -0.2) is 23.1 Å². The van der Waals surface area contributed by atoms with Gasteiger partial charge in [0.05, 0.1) is 5.69 Å². The van der Waals surface area contributed by atoms with Crippen LogP contribution < -0.4 is 9.64 Å². The van der Waals surface area contributed by atoms with Crippen LogP contribution in [0.15, 0.2) is 84.2 Å². The van der Waals surface area contributed by atoms with Gasteiger partial charge in [-0.15, -0.1) is 11.3 Å². The zero-order chi connectivity index (χ0) is 23.0. The molecule has 0 amide bonds. The van der Waals surface area contributed by atoms with E-state index in [0.717, 1.165) is 39.8 Å². The number of benzene rings is 3. The Hall–Kier alpha value is -3.64. The summed E-state index contributed by atoms with van der Waals surface area (Å²) in [5.74, 6) is -0.00979. The van der Waals surface area contributed by atoms with Gasteiger partial charge in [-0.05, 0) is 35.2 Å². The number of rotatable bonds is 10. The summed E-state index contributed by atoms with van der Waals surface area (Å²) >= 11 is 1.65. The van der Waals surface area contributed by atoms with Crippen molar-refractivity contribution in [1.29, 1.82) is 0 Å². The summed E-state index contributed by atoms with van der Waals surface area (Å²) in [6.07, 6.45) is 0.665. The minimum Gasteiger partial charge on any atom is -0.489 e. The third-order valence-electron chi connectivity index (χ3n) is 5.29. The lowest BCUT2D eigenvalue weighted by molar-refractivity contribution is -0.136. The fourth-order valence-corrected chi connectivity index (χ4v) is 4.24. The Labute approximate surface area is 197 Å². The Morgan fingerprint density at radius 1 is 0.939 bits per heavy atom. The third-order valence-corrected chi connectivity index (χ3v) is 6.24. The molecule has 0 atom stereocenters. The number of aromatic nitrogens is 1. The molecule has 1 N–H and O–H groups in total. The first-order chi connectivity index (χ1) is 16.1. The number of carboxylic acids is 1. The van der Waals surface area contributed by atoms with Gasteiger partial charge in [-0.1, -0.05) is 66.7 Å². The number of aryl methyl sites for hydroxylation is 1. The molecule has 0 unspecified atom stereocenters. The smallest absolute Gasteiger partial charge is 0.303 e. The zero-order valence-corrected chi connectivity index (χ0v) is 19.3. The van der Waals surface area contributed by atoms with Crippen molar-refractivity contribution in [3.63, 3.8) is 0 Å². The van der Waals surface area contributed by atoms with Crippen LogP contribution in [0.1, 0.15) is 23.1 Å². The SMILES string of the molecule is CN(Cc1ccc(COc2ccc(CCC(=O)O)cc2)cc1)c1nc(-c2ccccc2)cs1. The predicted molar refractivity (Wildman–Crippen MR) is 133 cm³/mol. The molecule has 0 saturated heterocycles. The highest BCUT2D eigenvalue weighted by atomic mass is 32.1. The summed E-state index contributed by atoms with van der Waals surface area (Å²) in [6.45, 7) is 1.26. The second-order valence-corrected chi connectivity index (χ2v) is 8.72. The molecule has 1 heterocycles. The Bertz CT molecular complexity index is 1170. The van der Waals surface area contributed by atoms with E-state index in [9.17, 15) is 4.79 Å². The van der Waals surface area contributed by atoms with E-state index < -0.39 is 5.97 Å². The molecule has 0 spiro atoms. The van der Waals surface area contributed by atoms with E-state index in [1.54, 1.807) is 11.3 Å². The number of carboxylic acid groups (broad SMARTS) is 1. The number of carbonyl (C=O) groups is 1. The van der Waals surface area contributed by atoms with Gasteiger partial charge in [0.2, 0.25) is 0 Å². The van der Waals surface area contributed by atoms with E-state index in [-0.39, 0.29) is 6.42 Å². The van der Waals surface area contributed by atoms with E-state index >= 15 is 0 Å². The highest BCUT2D eigenvalue weighted by molar-refractivity contribution is 7.14. The number of anilines is 1. The van der Waals surface area contributed by atoms with Crippen LogP contribution in [0, 0.1) is 0 Å². The van der Waals surface area contributed by atoms with Gasteiger partial charge in [0.1, 0.15) is 12.4 Å².